The van der Waals surface area contributed by atoms with Gasteiger partial charge in [0.15, 0.2) is 5.78 Å². The maximum atomic E-state index is 11.9. The zero-order valence-corrected chi connectivity index (χ0v) is 13.6. The minimum Gasteiger partial charge on any atom is -0.496 e. The number of para-hydroxylation sites is 1. The molecule has 0 aliphatic rings. The lowest BCUT2D eigenvalue weighted by atomic mass is 10.1. The summed E-state index contributed by atoms with van der Waals surface area (Å²) in [4.78, 5) is 11.9. The molecule has 0 atom stereocenters. The van der Waals surface area contributed by atoms with E-state index in [4.69, 9.17) is 9.47 Å². The number of ketones is 1. The molecule has 3 nitrogen and oxygen atoms in total. The highest BCUT2D eigenvalue weighted by molar-refractivity contribution is 9.10. The molecule has 0 heterocycles. The summed E-state index contributed by atoms with van der Waals surface area (Å²) in [6.07, 6.45) is 0.467. The lowest BCUT2D eigenvalue weighted by Crippen LogP contribution is -2.03. The first-order valence-corrected chi connectivity index (χ1v) is 7.52. The number of methoxy groups -OCH3 is 1. The second kappa shape index (κ2) is 7.27. The number of carbonyl (C=O) groups is 1. The summed E-state index contributed by atoms with van der Waals surface area (Å²) in [5.41, 5.74) is 1.63. The van der Waals surface area contributed by atoms with Crippen molar-refractivity contribution < 1.29 is 14.3 Å². The summed E-state index contributed by atoms with van der Waals surface area (Å²) >= 11 is 3.45. The average Bonchev–Trinajstić information content (AvgIpc) is 2.52. The molecular formula is C17H17BrO3. The van der Waals surface area contributed by atoms with E-state index in [0.717, 1.165) is 15.8 Å². The molecule has 110 valence electrons. The molecular weight excluding hydrogens is 332 g/mol. The Morgan fingerprint density at radius 2 is 1.90 bits per heavy atom. The number of rotatable bonds is 6. The van der Waals surface area contributed by atoms with Crippen molar-refractivity contribution in [1.82, 2.24) is 0 Å². The average molecular weight is 349 g/mol. The van der Waals surface area contributed by atoms with E-state index in [1.54, 1.807) is 13.2 Å². The Hall–Kier alpha value is -1.81. The van der Waals surface area contributed by atoms with Crippen LogP contribution in [0.3, 0.4) is 0 Å². The molecule has 4 heteroatoms. The molecule has 21 heavy (non-hydrogen) atoms. The molecule has 0 saturated carbocycles. The standard InChI is InChI=1S/C17H17BrO3/c1-3-15(19)13-6-4-5-7-16(13)21-11-12-8-9-17(20-2)14(18)10-12/h4-10H,3,11H2,1-2H3. The second-order valence-corrected chi connectivity index (χ2v) is 5.38. The SMILES string of the molecule is CCC(=O)c1ccccc1OCc1ccc(OC)c(Br)c1. The van der Waals surface area contributed by atoms with Crippen molar-refractivity contribution in [2.45, 2.75) is 20.0 Å². The van der Waals surface area contributed by atoms with Gasteiger partial charge < -0.3 is 9.47 Å². The Morgan fingerprint density at radius 1 is 1.14 bits per heavy atom. The number of ether oxygens (including phenoxy) is 2. The lowest BCUT2D eigenvalue weighted by Gasteiger charge is -2.11. The van der Waals surface area contributed by atoms with E-state index < -0.39 is 0 Å². The van der Waals surface area contributed by atoms with Crippen LogP contribution in [0, 0.1) is 0 Å². The van der Waals surface area contributed by atoms with Gasteiger partial charge in [-0.3, -0.25) is 4.79 Å². The van der Waals surface area contributed by atoms with E-state index in [1.165, 1.54) is 0 Å². The van der Waals surface area contributed by atoms with Crippen LogP contribution >= 0.6 is 15.9 Å². The van der Waals surface area contributed by atoms with Gasteiger partial charge in [0, 0.05) is 6.42 Å². The molecule has 0 N–H and O–H groups in total. The number of halogens is 1. The fourth-order valence-electron chi connectivity index (χ4n) is 1.97. The van der Waals surface area contributed by atoms with Crippen LogP contribution in [-0.2, 0) is 6.61 Å². The summed E-state index contributed by atoms with van der Waals surface area (Å²) in [5, 5.41) is 0. The van der Waals surface area contributed by atoms with E-state index >= 15 is 0 Å². The maximum absolute atomic E-state index is 11.9. The van der Waals surface area contributed by atoms with Gasteiger partial charge in [0.1, 0.15) is 18.1 Å². The third-order valence-corrected chi connectivity index (χ3v) is 3.74. The van der Waals surface area contributed by atoms with Crippen LogP contribution in [0.2, 0.25) is 0 Å². The van der Waals surface area contributed by atoms with Crippen molar-refractivity contribution in [3.05, 3.63) is 58.1 Å². The van der Waals surface area contributed by atoms with Crippen LogP contribution in [0.1, 0.15) is 29.3 Å². The number of Topliss-reactive ketones (excluding diaryl/α,β-unsaturated/α-hetero) is 1. The first-order chi connectivity index (χ1) is 10.2. The summed E-state index contributed by atoms with van der Waals surface area (Å²) < 4.78 is 11.9. The molecule has 0 aliphatic heterocycles. The Labute approximate surface area is 133 Å². The molecule has 0 aromatic heterocycles. The van der Waals surface area contributed by atoms with Gasteiger partial charge in [-0.1, -0.05) is 25.1 Å². The molecule has 0 fully saturated rings. The Bertz CT molecular complexity index is 638. The molecule has 0 bridgehead atoms. The van der Waals surface area contributed by atoms with E-state index in [2.05, 4.69) is 15.9 Å². The van der Waals surface area contributed by atoms with Crippen molar-refractivity contribution >= 4 is 21.7 Å². The topological polar surface area (TPSA) is 35.5 Å². The monoisotopic (exact) mass is 348 g/mol. The minimum atomic E-state index is 0.0847. The van der Waals surface area contributed by atoms with E-state index in [-0.39, 0.29) is 5.78 Å². The van der Waals surface area contributed by atoms with Crippen molar-refractivity contribution in [2.24, 2.45) is 0 Å². The van der Waals surface area contributed by atoms with Gasteiger partial charge >= 0.3 is 0 Å². The van der Waals surface area contributed by atoms with Crippen LogP contribution in [0.25, 0.3) is 0 Å². The summed E-state index contributed by atoms with van der Waals surface area (Å²) in [6.45, 7) is 2.25. The highest BCUT2D eigenvalue weighted by Gasteiger charge is 2.10. The number of hydrogen-bond acceptors (Lipinski definition) is 3. The van der Waals surface area contributed by atoms with Crippen molar-refractivity contribution in [3.63, 3.8) is 0 Å². The smallest absolute Gasteiger partial charge is 0.166 e. The van der Waals surface area contributed by atoms with Gasteiger partial charge in [0.25, 0.3) is 0 Å². The van der Waals surface area contributed by atoms with Gasteiger partial charge in [-0.2, -0.15) is 0 Å². The number of hydrogen-bond donors (Lipinski definition) is 0. The molecule has 2 rings (SSSR count). The molecule has 2 aromatic rings. The third-order valence-electron chi connectivity index (χ3n) is 3.12. The van der Waals surface area contributed by atoms with Crippen molar-refractivity contribution in [2.75, 3.05) is 7.11 Å². The summed E-state index contributed by atoms with van der Waals surface area (Å²) in [6, 6.07) is 13.1. The largest absolute Gasteiger partial charge is 0.496 e. The molecule has 0 aliphatic carbocycles. The summed E-state index contributed by atoms with van der Waals surface area (Å²) in [5.74, 6) is 1.48. The first kappa shape index (κ1) is 15.6. The molecule has 2 aromatic carbocycles. The van der Waals surface area contributed by atoms with Crippen LogP contribution in [-0.4, -0.2) is 12.9 Å². The number of benzene rings is 2. The molecule has 0 spiro atoms. The van der Waals surface area contributed by atoms with E-state index in [9.17, 15) is 4.79 Å². The van der Waals surface area contributed by atoms with Gasteiger partial charge in [0.2, 0.25) is 0 Å². The fraction of sp³-hybridized carbons (Fsp3) is 0.235. The van der Waals surface area contributed by atoms with Crippen LogP contribution in [0.4, 0.5) is 0 Å². The van der Waals surface area contributed by atoms with Crippen LogP contribution in [0.5, 0.6) is 11.5 Å². The highest BCUT2D eigenvalue weighted by Crippen LogP contribution is 2.27. The van der Waals surface area contributed by atoms with E-state index in [0.29, 0.717) is 24.3 Å². The Kier molecular flexibility index (Phi) is 5.39. The first-order valence-electron chi connectivity index (χ1n) is 6.73. The molecule has 0 unspecified atom stereocenters. The van der Waals surface area contributed by atoms with E-state index in [1.807, 2.05) is 43.3 Å². The molecule has 0 radical (unpaired) electrons. The van der Waals surface area contributed by atoms with Gasteiger partial charge in [-0.05, 0) is 45.8 Å². The Morgan fingerprint density at radius 3 is 2.57 bits per heavy atom. The third kappa shape index (κ3) is 3.85. The van der Waals surface area contributed by atoms with Crippen molar-refractivity contribution in [3.8, 4) is 11.5 Å². The van der Waals surface area contributed by atoms with Crippen LogP contribution < -0.4 is 9.47 Å². The van der Waals surface area contributed by atoms with Gasteiger partial charge in [0.05, 0.1) is 17.1 Å². The summed E-state index contributed by atoms with van der Waals surface area (Å²) in [7, 11) is 1.63. The van der Waals surface area contributed by atoms with Gasteiger partial charge in [-0.25, -0.2) is 0 Å². The predicted molar refractivity (Wildman–Crippen MR) is 86.1 cm³/mol. The Balaban J connectivity index is 2.13. The second-order valence-electron chi connectivity index (χ2n) is 4.53. The molecule has 0 amide bonds. The van der Waals surface area contributed by atoms with Gasteiger partial charge in [-0.15, -0.1) is 0 Å². The zero-order chi connectivity index (χ0) is 15.2. The maximum Gasteiger partial charge on any atom is 0.166 e. The normalized spacial score (nSPS) is 10.2. The van der Waals surface area contributed by atoms with Crippen LogP contribution in [0.15, 0.2) is 46.9 Å². The highest BCUT2D eigenvalue weighted by atomic mass is 79.9. The predicted octanol–water partition coefficient (Wildman–Crippen LogP) is 4.63. The minimum absolute atomic E-state index is 0.0847. The molecule has 0 saturated heterocycles. The quantitative estimate of drug-likeness (QED) is 0.714. The van der Waals surface area contributed by atoms with Crippen molar-refractivity contribution in [1.29, 1.82) is 0 Å². The fourth-order valence-corrected chi connectivity index (χ4v) is 2.56. The lowest BCUT2D eigenvalue weighted by molar-refractivity contribution is 0.0983. The zero-order valence-electron chi connectivity index (χ0n) is 12.1. The number of carbonyl (C=O) groups excluding carboxylic acids is 1.